The van der Waals surface area contributed by atoms with E-state index in [9.17, 15) is 37.6 Å². The number of phenols is 1. The molecule has 6 N–H and O–H groups in total. The maximum absolute atomic E-state index is 13.1. The molecule has 2 fully saturated rings. The van der Waals surface area contributed by atoms with E-state index in [2.05, 4.69) is 16.0 Å². The summed E-state index contributed by atoms with van der Waals surface area (Å²) in [4.78, 5) is 37.9. The van der Waals surface area contributed by atoms with Crippen molar-refractivity contribution in [3.63, 3.8) is 0 Å². The molecule has 1 saturated carbocycles. The quantitative estimate of drug-likeness (QED) is 0.208. The lowest BCUT2D eigenvalue weighted by molar-refractivity contribution is -0.126. The Morgan fingerprint density at radius 3 is 2.49 bits per heavy atom. The van der Waals surface area contributed by atoms with Crippen LogP contribution < -0.4 is 16.0 Å². The van der Waals surface area contributed by atoms with Crippen LogP contribution in [0.1, 0.15) is 51.5 Å². The number of hydrogen-bond acceptors (Lipinski definition) is 8. The van der Waals surface area contributed by atoms with Crippen molar-refractivity contribution >= 4 is 28.0 Å². The average molecular weight is 542 g/mol. The summed E-state index contributed by atoms with van der Waals surface area (Å²) in [6.07, 6.45) is 1.13. The third-order valence-corrected chi connectivity index (χ3v) is 7.49. The van der Waals surface area contributed by atoms with Crippen LogP contribution in [-0.2, 0) is 30.9 Å². The molecule has 1 aromatic carbocycles. The molecule has 0 aromatic heterocycles. The minimum Gasteiger partial charge on any atom is -0.508 e. The van der Waals surface area contributed by atoms with Gasteiger partial charge in [0.05, 0.1) is 6.04 Å². The Morgan fingerprint density at radius 1 is 1.24 bits per heavy atom. The monoisotopic (exact) mass is 541 g/mol. The fourth-order valence-electron chi connectivity index (χ4n) is 4.48. The van der Waals surface area contributed by atoms with Gasteiger partial charge in [-0.2, -0.15) is 8.42 Å². The molecule has 2 aliphatic rings. The average Bonchev–Trinajstić information content (AvgIpc) is 3.41. The van der Waals surface area contributed by atoms with E-state index in [1.807, 2.05) is 13.8 Å². The maximum atomic E-state index is 13.1. The van der Waals surface area contributed by atoms with Crippen LogP contribution in [0, 0.1) is 11.8 Å². The first-order valence-electron chi connectivity index (χ1n) is 12.3. The Labute approximate surface area is 215 Å². The van der Waals surface area contributed by atoms with Crippen LogP contribution in [0.2, 0.25) is 0 Å². The second-order valence-corrected chi connectivity index (χ2v) is 11.8. The molecule has 1 aliphatic heterocycles. The zero-order valence-electron chi connectivity index (χ0n) is 20.8. The number of rotatable bonds is 12. The van der Waals surface area contributed by atoms with Crippen molar-refractivity contribution in [1.29, 1.82) is 0 Å². The summed E-state index contributed by atoms with van der Waals surface area (Å²) in [5.74, 6) is -1.74. The SMILES string of the molecule is CC(C)C[C@H](NC(=O)OC1(Cc2cccc(O)c2)CC1)C(=O)N[C@@H](C[C@@H]1CCNC1=O)C(O)S(=O)(=O)O. The number of aromatic hydroxyl groups is 1. The van der Waals surface area contributed by atoms with Crippen molar-refractivity contribution in [1.82, 2.24) is 16.0 Å². The molecule has 1 unspecified atom stereocenters. The summed E-state index contributed by atoms with van der Waals surface area (Å²) in [6.45, 7) is 4.02. The first-order chi connectivity index (χ1) is 17.3. The van der Waals surface area contributed by atoms with Crippen molar-refractivity contribution in [2.24, 2.45) is 11.8 Å². The number of aliphatic hydroxyl groups is 1. The van der Waals surface area contributed by atoms with Crippen molar-refractivity contribution < 1.29 is 42.3 Å². The highest BCUT2D eigenvalue weighted by molar-refractivity contribution is 7.86. The number of aliphatic hydroxyl groups excluding tert-OH is 1. The predicted octanol–water partition coefficient (Wildman–Crippen LogP) is 0.825. The Bertz CT molecular complexity index is 1100. The summed E-state index contributed by atoms with van der Waals surface area (Å²) in [7, 11) is -4.95. The minimum atomic E-state index is -4.95. The molecule has 1 heterocycles. The zero-order chi connectivity index (χ0) is 27.4. The number of carbonyl (C=O) groups is 3. The van der Waals surface area contributed by atoms with Crippen LogP contribution in [0.4, 0.5) is 4.79 Å². The standard InChI is InChI=1S/C24H35N3O9S/c1-14(2)10-18(27-23(32)36-24(7-8-24)13-15-4-3-5-17(28)11-15)21(30)26-19(22(31)37(33,34)35)12-16-6-9-25-20(16)29/h3-5,11,14,16,18-19,22,28,31H,6-10,12-13H2,1-2H3,(H,25,29)(H,26,30)(H,27,32)(H,33,34,35)/t16-,18-,19-,22?/m0/s1. The van der Waals surface area contributed by atoms with Gasteiger partial charge in [0.15, 0.2) is 0 Å². The lowest BCUT2D eigenvalue weighted by atomic mass is 9.97. The smallest absolute Gasteiger partial charge is 0.408 e. The van der Waals surface area contributed by atoms with Crippen molar-refractivity contribution in [3.8, 4) is 5.75 Å². The van der Waals surface area contributed by atoms with Gasteiger partial charge in [0.2, 0.25) is 17.3 Å². The van der Waals surface area contributed by atoms with E-state index in [1.165, 1.54) is 6.07 Å². The van der Waals surface area contributed by atoms with Gasteiger partial charge in [0.1, 0.15) is 17.4 Å². The predicted molar refractivity (Wildman–Crippen MR) is 132 cm³/mol. The third kappa shape index (κ3) is 8.30. The molecule has 0 radical (unpaired) electrons. The van der Waals surface area contributed by atoms with Crippen LogP contribution in [0.15, 0.2) is 24.3 Å². The molecule has 4 atom stereocenters. The van der Waals surface area contributed by atoms with Crippen molar-refractivity contribution in [2.45, 2.75) is 75.5 Å². The van der Waals surface area contributed by atoms with Crippen LogP contribution in [-0.4, -0.2) is 70.8 Å². The molecular formula is C24H35N3O9S. The fraction of sp³-hybridized carbons (Fsp3) is 0.625. The van der Waals surface area contributed by atoms with E-state index in [1.54, 1.807) is 18.2 Å². The molecule has 3 rings (SSSR count). The highest BCUT2D eigenvalue weighted by atomic mass is 32.2. The summed E-state index contributed by atoms with van der Waals surface area (Å²) < 4.78 is 38.2. The molecule has 12 nitrogen and oxygen atoms in total. The van der Waals surface area contributed by atoms with Gasteiger partial charge >= 0.3 is 6.09 Å². The molecule has 3 amide bonds. The Hall–Kier alpha value is -2.90. The van der Waals surface area contributed by atoms with Gasteiger partial charge in [-0.1, -0.05) is 26.0 Å². The van der Waals surface area contributed by atoms with Gasteiger partial charge in [-0.15, -0.1) is 0 Å². The molecule has 1 aromatic rings. The van der Waals surface area contributed by atoms with E-state index in [0.717, 1.165) is 5.56 Å². The summed E-state index contributed by atoms with van der Waals surface area (Å²) >= 11 is 0. The third-order valence-electron chi connectivity index (χ3n) is 6.55. The number of hydrogen-bond donors (Lipinski definition) is 6. The first-order valence-corrected chi connectivity index (χ1v) is 13.8. The number of amides is 3. The van der Waals surface area contributed by atoms with Gasteiger partial charge in [0, 0.05) is 18.9 Å². The van der Waals surface area contributed by atoms with Crippen LogP contribution >= 0.6 is 0 Å². The van der Waals surface area contributed by atoms with Gasteiger partial charge in [0.25, 0.3) is 10.1 Å². The first kappa shape index (κ1) is 28.7. The molecule has 1 aliphatic carbocycles. The topological polar surface area (TPSA) is 191 Å². The molecule has 206 valence electrons. The van der Waals surface area contributed by atoms with Gasteiger partial charge in [-0.25, -0.2) is 4.79 Å². The van der Waals surface area contributed by atoms with Gasteiger partial charge in [-0.05, 0) is 55.7 Å². The van der Waals surface area contributed by atoms with Crippen molar-refractivity contribution in [2.75, 3.05) is 6.54 Å². The molecule has 1 saturated heterocycles. The number of alkyl carbamates (subject to hydrolysis) is 1. The normalized spacial score (nSPS) is 21.0. The van der Waals surface area contributed by atoms with E-state index in [-0.39, 0.29) is 30.4 Å². The largest absolute Gasteiger partial charge is 0.508 e. The summed E-state index contributed by atoms with van der Waals surface area (Å²) in [6, 6.07) is 4.01. The lowest BCUT2D eigenvalue weighted by Gasteiger charge is -2.28. The number of ether oxygens (including phenoxy) is 1. The van der Waals surface area contributed by atoms with Gasteiger partial charge in [-0.3, -0.25) is 14.1 Å². The van der Waals surface area contributed by atoms with Gasteiger partial charge < -0.3 is 30.9 Å². The van der Waals surface area contributed by atoms with Crippen LogP contribution in [0.25, 0.3) is 0 Å². The highest BCUT2D eigenvalue weighted by Gasteiger charge is 2.47. The fourth-order valence-corrected chi connectivity index (χ4v) is 5.07. The highest BCUT2D eigenvalue weighted by Crippen LogP contribution is 2.43. The van der Waals surface area contributed by atoms with E-state index in [0.29, 0.717) is 32.2 Å². The summed E-state index contributed by atoms with van der Waals surface area (Å²) in [5.41, 5.74) is -2.32. The number of nitrogens with one attached hydrogen (secondary N) is 3. The van der Waals surface area contributed by atoms with E-state index >= 15 is 0 Å². The Kier molecular flexibility index (Phi) is 9.03. The number of benzene rings is 1. The molecule has 0 spiro atoms. The lowest BCUT2D eigenvalue weighted by Crippen LogP contribution is -2.55. The number of carbonyl (C=O) groups excluding carboxylic acids is 3. The molecule has 13 heteroatoms. The Balaban J connectivity index is 1.68. The molecular weight excluding hydrogens is 506 g/mol. The van der Waals surface area contributed by atoms with Crippen molar-refractivity contribution in [3.05, 3.63) is 29.8 Å². The van der Waals surface area contributed by atoms with E-state index in [4.69, 9.17) is 4.74 Å². The zero-order valence-corrected chi connectivity index (χ0v) is 21.7. The van der Waals surface area contributed by atoms with E-state index < -0.39 is 51.2 Å². The Morgan fingerprint density at radius 2 is 1.95 bits per heavy atom. The maximum Gasteiger partial charge on any atom is 0.408 e. The van der Waals surface area contributed by atoms with Crippen LogP contribution in [0.3, 0.4) is 0 Å². The second kappa shape index (κ2) is 11.7. The summed E-state index contributed by atoms with van der Waals surface area (Å²) in [5, 5.41) is 27.4. The minimum absolute atomic E-state index is 0.0520. The van der Waals surface area contributed by atoms with Crippen LogP contribution in [0.5, 0.6) is 5.75 Å². The molecule has 0 bridgehead atoms. The number of phenolic OH excluding ortho intramolecular Hbond substituents is 1. The second-order valence-electron chi connectivity index (χ2n) is 10.3. The molecule has 37 heavy (non-hydrogen) atoms.